The van der Waals surface area contributed by atoms with Crippen molar-refractivity contribution in [1.82, 2.24) is 25.2 Å². The molecule has 2 aromatic heterocycles. The lowest BCUT2D eigenvalue weighted by Gasteiger charge is -2.36. The number of nitrogens with zero attached hydrogens (tertiary/aromatic N) is 5. The smallest absolute Gasteiger partial charge is 0.288 e. The van der Waals surface area contributed by atoms with Gasteiger partial charge in [-0.05, 0) is 6.42 Å². The van der Waals surface area contributed by atoms with Crippen LogP contribution in [-0.2, 0) is 11.3 Å². The Bertz CT molecular complexity index is 1040. The molecule has 170 valence electrons. The van der Waals surface area contributed by atoms with Gasteiger partial charge in [-0.3, -0.25) is 14.5 Å². The summed E-state index contributed by atoms with van der Waals surface area (Å²) < 4.78 is 34.8. The highest BCUT2D eigenvalue weighted by Crippen LogP contribution is 2.32. The molecule has 0 spiro atoms. The van der Waals surface area contributed by atoms with E-state index in [0.29, 0.717) is 38.2 Å². The number of aromatic nitrogens is 3. The largest absolute Gasteiger partial charge is 0.463 e. The van der Waals surface area contributed by atoms with Gasteiger partial charge in [0.15, 0.2) is 11.9 Å². The van der Waals surface area contributed by atoms with Crippen molar-refractivity contribution in [3.8, 4) is 5.88 Å². The van der Waals surface area contributed by atoms with E-state index in [1.54, 1.807) is 11.8 Å². The number of pyridine rings is 1. The van der Waals surface area contributed by atoms with Gasteiger partial charge in [-0.25, -0.2) is 14.4 Å². The van der Waals surface area contributed by atoms with E-state index < -0.39 is 29.7 Å². The molecule has 1 atom stereocenters. The molecule has 0 bridgehead atoms. The highest BCUT2D eigenvalue weighted by molar-refractivity contribution is 5.97. The van der Waals surface area contributed by atoms with Gasteiger partial charge in [0, 0.05) is 51.5 Å². The van der Waals surface area contributed by atoms with E-state index in [2.05, 4.69) is 25.6 Å². The van der Waals surface area contributed by atoms with Crippen LogP contribution in [0.5, 0.6) is 5.88 Å². The van der Waals surface area contributed by atoms with E-state index in [1.165, 1.54) is 19.4 Å². The number of carbonyl (C=O) groups is 2. The van der Waals surface area contributed by atoms with Gasteiger partial charge in [0.2, 0.25) is 17.7 Å². The van der Waals surface area contributed by atoms with E-state index in [1.807, 2.05) is 4.90 Å². The van der Waals surface area contributed by atoms with E-state index in [-0.39, 0.29) is 29.6 Å². The zero-order valence-corrected chi connectivity index (χ0v) is 17.7. The van der Waals surface area contributed by atoms with Crippen LogP contribution in [0.25, 0.3) is 0 Å². The number of carbonyl (C=O) groups excluding carboxylic acids is 2. The maximum atomic E-state index is 15.0. The number of rotatable bonds is 5. The first-order chi connectivity index (χ1) is 15.4. The summed E-state index contributed by atoms with van der Waals surface area (Å²) in [6.45, 7) is 4.09. The normalized spacial score (nSPS) is 18.6. The van der Waals surface area contributed by atoms with Crippen molar-refractivity contribution in [2.45, 2.75) is 26.0 Å². The molecule has 0 radical (unpaired) electrons. The average Bonchev–Trinajstić information content (AvgIpc) is 2.81. The molecule has 1 fully saturated rings. The Balaban J connectivity index is 1.40. The fourth-order valence-electron chi connectivity index (χ4n) is 3.66. The summed E-state index contributed by atoms with van der Waals surface area (Å²) in [6.07, 6.45) is 2.49. The number of piperazine rings is 1. The van der Waals surface area contributed by atoms with Crippen LogP contribution in [0.2, 0.25) is 0 Å². The Morgan fingerprint density at radius 2 is 2.00 bits per heavy atom. The first kappa shape index (κ1) is 21.8. The Morgan fingerprint density at radius 1 is 1.25 bits per heavy atom. The van der Waals surface area contributed by atoms with Crippen LogP contribution in [-0.4, -0.2) is 71.0 Å². The highest BCUT2D eigenvalue weighted by atomic mass is 19.1. The maximum Gasteiger partial charge on any atom is 0.288 e. The van der Waals surface area contributed by atoms with Crippen LogP contribution >= 0.6 is 0 Å². The molecule has 1 saturated heterocycles. The number of hydrogen-bond acceptors (Lipinski definition) is 8. The van der Waals surface area contributed by atoms with Gasteiger partial charge in [-0.1, -0.05) is 6.92 Å². The highest BCUT2D eigenvalue weighted by Gasteiger charge is 2.31. The van der Waals surface area contributed by atoms with Crippen molar-refractivity contribution in [1.29, 1.82) is 0 Å². The van der Waals surface area contributed by atoms with Gasteiger partial charge < -0.3 is 20.3 Å². The van der Waals surface area contributed by atoms with Crippen molar-refractivity contribution in [2.75, 3.05) is 43.4 Å². The Hall–Kier alpha value is -3.41. The second kappa shape index (κ2) is 8.99. The van der Waals surface area contributed by atoms with E-state index >= 15 is 0 Å². The number of hydrogen-bond donors (Lipinski definition) is 2. The third kappa shape index (κ3) is 4.17. The predicted molar refractivity (Wildman–Crippen MR) is 110 cm³/mol. The summed E-state index contributed by atoms with van der Waals surface area (Å²) in [5.41, 5.74) is 0.510. The Morgan fingerprint density at radius 3 is 2.66 bits per heavy atom. The lowest BCUT2D eigenvalue weighted by atomic mass is 10.1. The number of halogens is 2. The number of ether oxygens (including phenoxy) is 1. The topological polar surface area (TPSA) is 113 Å². The van der Waals surface area contributed by atoms with E-state index in [4.69, 9.17) is 4.74 Å². The summed E-state index contributed by atoms with van der Waals surface area (Å²) in [4.78, 5) is 39.0. The molecule has 0 aliphatic carbocycles. The van der Waals surface area contributed by atoms with Crippen molar-refractivity contribution >= 4 is 23.2 Å². The Kier molecular flexibility index (Phi) is 6.12. The van der Waals surface area contributed by atoms with E-state index in [9.17, 15) is 18.4 Å². The van der Waals surface area contributed by atoms with Gasteiger partial charge in [-0.2, -0.15) is 9.37 Å². The SMILES string of the molecule is CCC1Oc2ncc(CN3CCN(c4cnc(C(=O)NC)nc4F)CC3)c(F)c2NC1=O. The molecule has 1 unspecified atom stereocenters. The lowest BCUT2D eigenvalue weighted by Crippen LogP contribution is -2.46. The maximum absolute atomic E-state index is 15.0. The van der Waals surface area contributed by atoms with Gasteiger partial charge in [-0.15, -0.1) is 0 Å². The van der Waals surface area contributed by atoms with Crippen LogP contribution in [0.3, 0.4) is 0 Å². The van der Waals surface area contributed by atoms with Gasteiger partial charge >= 0.3 is 0 Å². The molecule has 0 aromatic carbocycles. The molecule has 2 aromatic rings. The summed E-state index contributed by atoms with van der Waals surface area (Å²) in [5.74, 6) is -2.43. The minimum absolute atomic E-state index is 0.0359. The summed E-state index contributed by atoms with van der Waals surface area (Å²) >= 11 is 0. The molecule has 4 heterocycles. The minimum Gasteiger partial charge on any atom is -0.463 e. The minimum atomic E-state index is -0.766. The first-order valence-electron chi connectivity index (χ1n) is 10.3. The van der Waals surface area contributed by atoms with Gasteiger partial charge in [0.1, 0.15) is 11.4 Å². The summed E-state index contributed by atoms with van der Waals surface area (Å²) in [7, 11) is 1.42. The molecule has 2 N–H and O–H groups in total. The van der Waals surface area contributed by atoms with Crippen molar-refractivity contribution in [3.63, 3.8) is 0 Å². The zero-order valence-electron chi connectivity index (χ0n) is 17.7. The third-order valence-corrected chi connectivity index (χ3v) is 5.48. The molecule has 0 saturated carbocycles. The standard InChI is InChI=1S/C20H23F2N7O3/c1-3-13-18(30)26-15-14(21)11(8-25-20(15)32-13)10-28-4-6-29(7-5-28)12-9-24-17(19(31)23-2)27-16(12)22/h8-9,13H,3-7,10H2,1-2H3,(H,23,31)(H,26,30). The Labute approximate surface area is 183 Å². The van der Waals surface area contributed by atoms with Crippen molar-refractivity contribution in [3.05, 3.63) is 35.5 Å². The predicted octanol–water partition coefficient (Wildman–Crippen LogP) is 0.941. The van der Waals surface area contributed by atoms with Crippen LogP contribution in [0, 0.1) is 11.8 Å². The van der Waals surface area contributed by atoms with Gasteiger partial charge in [0.05, 0.1) is 6.20 Å². The molecule has 4 rings (SSSR count). The van der Waals surface area contributed by atoms with Crippen LogP contribution in [0.4, 0.5) is 20.2 Å². The van der Waals surface area contributed by atoms with Crippen LogP contribution in [0.15, 0.2) is 12.4 Å². The third-order valence-electron chi connectivity index (χ3n) is 5.48. The quantitative estimate of drug-likeness (QED) is 0.652. The lowest BCUT2D eigenvalue weighted by molar-refractivity contribution is -0.123. The number of fused-ring (bicyclic) bond motifs is 1. The van der Waals surface area contributed by atoms with Gasteiger partial charge in [0.25, 0.3) is 11.8 Å². The second-order valence-electron chi connectivity index (χ2n) is 7.49. The molecule has 2 aliphatic heterocycles. The fourth-order valence-corrected chi connectivity index (χ4v) is 3.66. The number of amides is 2. The molecular formula is C20H23F2N7O3. The molecule has 12 heteroatoms. The molecule has 10 nitrogen and oxygen atoms in total. The second-order valence-corrected chi connectivity index (χ2v) is 7.49. The molecule has 2 aliphatic rings. The molecule has 32 heavy (non-hydrogen) atoms. The monoisotopic (exact) mass is 447 g/mol. The van der Waals surface area contributed by atoms with Crippen LogP contribution in [0.1, 0.15) is 29.5 Å². The molecule has 2 amide bonds. The van der Waals surface area contributed by atoms with E-state index in [0.717, 1.165) is 0 Å². The summed E-state index contributed by atoms with van der Waals surface area (Å²) in [5, 5.41) is 4.90. The van der Waals surface area contributed by atoms with Crippen LogP contribution < -0.4 is 20.3 Å². The molecular weight excluding hydrogens is 424 g/mol. The fraction of sp³-hybridized carbons (Fsp3) is 0.450. The average molecular weight is 447 g/mol. The summed E-state index contributed by atoms with van der Waals surface area (Å²) in [6, 6.07) is 0. The zero-order chi connectivity index (χ0) is 22.8. The van der Waals surface area contributed by atoms with Crippen molar-refractivity contribution in [2.24, 2.45) is 0 Å². The first-order valence-corrected chi connectivity index (χ1v) is 10.3. The number of nitrogens with one attached hydrogen (secondary N) is 2. The van der Waals surface area contributed by atoms with Crippen molar-refractivity contribution < 1.29 is 23.1 Å². The number of anilines is 2.